The lowest BCUT2D eigenvalue weighted by atomic mass is 10.0. The number of aromatic hydroxyl groups is 1. The van der Waals surface area contributed by atoms with Crippen LogP contribution >= 0.6 is 0 Å². The minimum atomic E-state index is -4.84. The molecule has 0 fully saturated rings. The van der Waals surface area contributed by atoms with E-state index < -0.39 is 26.5 Å². The van der Waals surface area contributed by atoms with Crippen LogP contribution < -0.4 is 18.9 Å². The Morgan fingerprint density at radius 3 is 1.88 bits per heavy atom. The number of phenolic OH excluding ortho intramolecular Hbond substituents is 1. The van der Waals surface area contributed by atoms with Crippen molar-refractivity contribution in [3.05, 3.63) is 70.7 Å². The normalized spacial score (nSPS) is 10.5. The summed E-state index contributed by atoms with van der Waals surface area (Å²) in [6, 6.07) is 13.2. The van der Waals surface area contributed by atoms with Crippen molar-refractivity contribution in [1.82, 2.24) is 0 Å². The summed E-state index contributed by atoms with van der Waals surface area (Å²) in [4.78, 5) is 14.8. The summed E-state index contributed by atoms with van der Waals surface area (Å²) in [6.07, 6.45) is 2.66. The van der Waals surface area contributed by atoms with E-state index in [-0.39, 0.29) is 16.9 Å². The average Bonchev–Trinajstić information content (AvgIpc) is 2.97. The van der Waals surface area contributed by atoms with Gasteiger partial charge in [0.25, 0.3) is 0 Å². The second-order valence-corrected chi connectivity index (χ2v) is 9.93. The second-order valence-electron chi connectivity index (χ2n) is 8.58. The molecule has 0 bridgehead atoms. The number of phenols is 1. The molecule has 0 aromatic heterocycles. The highest BCUT2D eigenvalue weighted by Crippen LogP contribution is 2.42. The summed E-state index contributed by atoms with van der Waals surface area (Å²) in [7, 11) is -3.68. The van der Waals surface area contributed by atoms with Gasteiger partial charge >= 0.3 is 5.69 Å². The first-order chi connectivity index (χ1) is 19.6. The van der Waals surface area contributed by atoms with Gasteiger partial charge in [-0.1, -0.05) is 51.1 Å². The van der Waals surface area contributed by atoms with Crippen molar-refractivity contribution in [3.8, 4) is 28.7 Å². The number of hydrogen-bond donors (Lipinski definition) is 1. The second kappa shape index (κ2) is 16.1. The van der Waals surface area contributed by atoms with Gasteiger partial charge in [-0.2, -0.15) is 0 Å². The summed E-state index contributed by atoms with van der Waals surface area (Å²) >= 11 is 0. The molecule has 0 aliphatic heterocycles. The number of nitrogens with zero attached hydrogens (tertiary/aromatic N) is 2. The maximum atomic E-state index is 12.2. The molecular formula is C29H34N2O9S. The molecule has 11 nitrogen and oxygen atoms in total. The van der Waals surface area contributed by atoms with E-state index in [2.05, 4.69) is 4.98 Å². The van der Waals surface area contributed by atoms with Crippen LogP contribution in [0.4, 0.5) is 5.69 Å². The predicted molar refractivity (Wildman–Crippen MR) is 151 cm³/mol. The van der Waals surface area contributed by atoms with Gasteiger partial charge in [0.1, 0.15) is 27.4 Å². The summed E-state index contributed by atoms with van der Waals surface area (Å²) in [6.45, 7) is 7.79. The van der Waals surface area contributed by atoms with Gasteiger partial charge in [0.2, 0.25) is 16.9 Å². The van der Waals surface area contributed by atoms with Crippen molar-refractivity contribution in [2.45, 2.75) is 44.9 Å². The minimum Gasteiger partial charge on any atom is -0.744 e. The molecule has 0 unspecified atom stereocenters. The number of carbonyl (C=O) groups is 1. The van der Waals surface area contributed by atoms with Crippen LogP contribution in [-0.4, -0.2) is 50.8 Å². The van der Waals surface area contributed by atoms with Gasteiger partial charge in [-0.3, -0.25) is 4.79 Å². The van der Waals surface area contributed by atoms with Crippen LogP contribution in [0.3, 0.4) is 0 Å². The molecule has 0 amide bonds. The van der Waals surface area contributed by atoms with Crippen LogP contribution in [0.1, 0.15) is 56.0 Å². The molecule has 3 aromatic carbocycles. The van der Waals surface area contributed by atoms with Crippen molar-refractivity contribution in [2.24, 2.45) is 0 Å². The third kappa shape index (κ3) is 9.37. The van der Waals surface area contributed by atoms with E-state index in [1.165, 1.54) is 12.1 Å². The van der Waals surface area contributed by atoms with Crippen molar-refractivity contribution < 1.29 is 41.8 Å². The Labute approximate surface area is 240 Å². The fraction of sp³-hybridized carbons (Fsp3) is 0.345. The summed E-state index contributed by atoms with van der Waals surface area (Å²) in [5, 5.41) is 19.0. The molecule has 0 aliphatic rings. The number of rotatable bonds is 13. The summed E-state index contributed by atoms with van der Waals surface area (Å²) < 4.78 is 55.2. The monoisotopic (exact) mass is 586 g/mol. The Hall–Kier alpha value is -4.34. The number of hydrogen-bond acceptors (Lipinski definition) is 10. The number of methoxy groups -OCH3 is 1. The Morgan fingerprint density at radius 1 is 0.878 bits per heavy atom. The number of carbonyl (C=O) groups excluding carboxylic acids is 1. The zero-order chi connectivity index (χ0) is 30.4. The fourth-order valence-corrected chi connectivity index (χ4v) is 4.09. The molecule has 0 saturated heterocycles. The zero-order valence-corrected chi connectivity index (χ0v) is 24.3. The van der Waals surface area contributed by atoms with Gasteiger partial charge in [-0.05, 0) is 25.3 Å². The first-order valence-corrected chi connectivity index (χ1v) is 14.4. The quantitative estimate of drug-likeness (QED) is 0.141. The van der Waals surface area contributed by atoms with Crippen LogP contribution in [0.2, 0.25) is 0 Å². The molecule has 3 rings (SSSR count). The third-order valence-corrected chi connectivity index (χ3v) is 6.20. The standard InChI is InChI=1S/C15H23N2O3.C14H12O6S/c1-4-7-18-12-10-13(19-8-5-2)15(17-16)14(11-12)20-9-6-3;1-20-12-8-11(15)10(7-13(12)21(17,18)19)14(16)9-5-3-2-4-6-9/h10-11H,4-9H2,1-3H3;2-8,15H,1H3,(H,17,18,19)/q+1;/p-1. The number of ether oxygens (including phenoxy) is 4. The lowest BCUT2D eigenvalue weighted by Gasteiger charge is -2.14. The first-order valence-electron chi connectivity index (χ1n) is 13.0. The largest absolute Gasteiger partial charge is 0.744 e. The molecule has 0 aliphatic carbocycles. The molecule has 220 valence electrons. The van der Waals surface area contributed by atoms with Gasteiger partial charge in [0.05, 0.1) is 37.4 Å². The molecule has 0 spiro atoms. The van der Waals surface area contributed by atoms with E-state index in [0.717, 1.165) is 38.5 Å². The lowest BCUT2D eigenvalue weighted by molar-refractivity contribution is 0.103. The average molecular weight is 587 g/mol. The van der Waals surface area contributed by atoms with Crippen molar-refractivity contribution in [2.75, 3.05) is 26.9 Å². The number of benzene rings is 3. The molecule has 1 N–H and O–H groups in total. The smallest absolute Gasteiger partial charge is 0.467 e. The molecular weight excluding hydrogens is 552 g/mol. The number of ketones is 1. The SMILES string of the molecule is CCCOc1cc(OCCC)c([N+]#N)c(OCCC)c1.COc1cc(O)c(C(=O)c2ccccc2)cc1S(=O)(=O)[O-]. The Kier molecular flexibility index (Phi) is 12.9. The van der Waals surface area contributed by atoms with E-state index in [4.69, 9.17) is 18.9 Å². The predicted octanol–water partition coefficient (Wildman–Crippen LogP) is 6.07. The maximum Gasteiger partial charge on any atom is 0.467 e. The highest BCUT2D eigenvalue weighted by Gasteiger charge is 2.25. The zero-order valence-electron chi connectivity index (χ0n) is 23.5. The van der Waals surface area contributed by atoms with Gasteiger partial charge in [0, 0.05) is 23.8 Å². The summed E-state index contributed by atoms with van der Waals surface area (Å²) in [5.41, 5.74) is 0.291. The lowest BCUT2D eigenvalue weighted by Crippen LogP contribution is -2.07. The van der Waals surface area contributed by atoms with Crippen LogP contribution in [-0.2, 0) is 10.1 Å². The molecule has 3 aromatic rings. The van der Waals surface area contributed by atoms with Gasteiger partial charge < -0.3 is 28.6 Å². The maximum absolute atomic E-state index is 12.2. The molecule has 0 heterocycles. The van der Waals surface area contributed by atoms with Crippen LogP contribution in [0, 0.1) is 5.39 Å². The number of diazo groups is 1. The molecule has 0 atom stereocenters. The van der Waals surface area contributed by atoms with Crippen molar-refractivity contribution in [1.29, 1.82) is 5.39 Å². The van der Waals surface area contributed by atoms with Gasteiger partial charge in [0.15, 0.2) is 10.8 Å². The van der Waals surface area contributed by atoms with Crippen molar-refractivity contribution >= 4 is 21.6 Å². The summed E-state index contributed by atoms with van der Waals surface area (Å²) in [5.74, 6) is 0.250. The highest BCUT2D eigenvalue weighted by molar-refractivity contribution is 7.85. The van der Waals surface area contributed by atoms with Crippen LogP contribution in [0.5, 0.6) is 28.7 Å². The van der Waals surface area contributed by atoms with E-state index in [9.17, 15) is 28.3 Å². The fourth-order valence-electron chi connectivity index (χ4n) is 3.44. The first kappa shape index (κ1) is 32.9. The molecule has 0 radical (unpaired) electrons. The highest BCUT2D eigenvalue weighted by atomic mass is 32.2. The third-order valence-electron chi connectivity index (χ3n) is 5.34. The van der Waals surface area contributed by atoms with Crippen LogP contribution in [0.15, 0.2) is 59.5 Å². The Bertz CT molecular complexity index is 1420. The van der Waals surface area contributed by atoms with Crippen LogP contribution in [0.25, 0.3) is 4.98 Å². The molecule has 0 saturated carbocycles. The van der Waals surface area contributed by atoms with E-state index in [1.807, 2.05) is 20.8 Å². The van der Waals surface area contributed by atoms with Crippen molar-refractivity contribution in [3.63, 3.8) is 0 Å². The Morgan fingerprint density at radius 2 is 1.41 bits per heavy atom. The molecule has 41 heavy (non-hydrogen) atoms. The Balaban J connectivity index is 0.000000287. The van der Waals surface area contributed by atoms with Gasteiger partial charge in [-0.15, -0.1) is 0 Å². The van der Waals surface area contributed by atoms with E-state index in [1.54, 1.807) is 30.3 Å². The molecule has 12 heteroatoms. The topological polar surface area (TPSA) is 160 Å². The van der Waals surface area contributed by atoms with E-state index in [0.29, 0.717) is 42.8 Å². The minimum absolute atomic E-state index is 0.257. The van der Waals surface area contributed by atoms with E-state index >= 15 is 0 Å². The van der Waals surface area contributed by atoms with Gasteiger partial charge in [-0.25, -0.2) is 8.42 Å².